The highest BCUT2D eigenvalue weighted by atomic mass is 14.7. The molecule has 1 rings (SSSR count). The van der Waals surface area contributed by atoms with Crippen LogP contribution in [0, 0.1) is 6.92 Å². The van der Waals surface area contributed by atoms with Crippen LogP contribution < -0.4 is 5.46 Å². The smallest absolute Gasteiger partial charge is 0.151 e. The lowest BCUT2D eigenvalue weighted by atomic mass is 9.72. The van der Waals surface area contributed by atoms with Crippen LogP contribution in [0.2, 0.25) is 6.82 Å². The second kappa shape index (κ2) is 3.38. The molecule has 1 nitrogen and oxygen atoms in total. The molecule has 0 aliphatic carbocycles. The Morgan fingerprint density at radius 1 is 1.64 bits per heavy atom. The molecule has 1 heterocycles. The van der Waals surface area contributed by atoms with E-state index in [1.165, 1.54) is 5.56 Å². The van der Waals surface area contributed by atoms with Gasteiger partial charge in [-0.15, -0.1) is 0 Å². The van der Waals surface area contributed by atoms with Crippen molar-refractivity contribution in [2.45, 2.75) is 13.7 Å². The van der Waals surface area contributed by atoms with Crippen LogP contribution in [0.15, 0.2) is 18.8 Å². The molecule has 0 amide bonds. The van der Waals surface area contributed by atoms with Gasteiger partial charge < -0.3 is 0 Å². The Hall–Kier alpha value is -1.05. The Balaban J connectivity index is 3.16. The van der Waals surface area contributed by atoms with E-state index in [1.807, 2.05) is 27.2 Å². The number of aromatic nitrogens is 1. The number of hydrogen-bond donors (Lipinski definition) is 0. The Bertz CT molecular complexity index is 268. The average molecular weight is 144 g/mol. The summed E-state index contributed by atoms with van der Waals surface area (Å²) in [6.45, 7) is 7.72. The van der Waals surface area contributed by atoms with Crippen molar-refractivity contribution >= 4 is 18.8 Å². The first kappa shape index (κ1) is 8.06. The summed E-state index contributed by atoms with van der Waals surface area (Å²) in [6, 6.07) is 2.10. The molecule has 0 bridgehead atoms. The van der Waals surface area contributed by atoms with E-state index in [4.69, 9.17) is 0 Å². The lowest BCUT2D eigenvalue weighted by molar-refractivity contribution is 1.26. The molecule has 0 spiro atoms. The molecule has 1 aromatic heterocycles. The van der Waals surface area contributed by atoms with E-state index in [9.17, 15) is 0 Å². The van der Waals surface area contributed by atoms with Gasteiger partial charge in [0.25, 0.3) is 0 Å². The molecule has 11 heavy (non-hydrogen) atoms. The Labute approximate surface area is 68.4 Å². The zero-order chi connectivity index (χ0) is 8.27. The summed E-state index contributed by atoms with van der Waals surface area (Å²) < 4.78 is 0. The second-order valence-corrected chi connectivity index (χ2v) is 2.48. The first-order valence-corrected chi connectivity index (χ1v) is 3.66. The van der Waals surface area contributed by atoms with Crippen molar-refractivity contribution in [1.82, 2.24) is 4.98 Å². The van der Waals surface area contributed by atoms with E-state index in [-0.39, 0.29) is 0 Å². The van der Waals surface area contributed by atoms with E-state index < -0.39 is 0 Å². The third-order valence-electron chi connectivity index (χ3n) is 1.59. The van der Waals surface area contributed by atoms with Gasteiger partial charge in [0, 0.05) is 6.20 Å². The molecule has 0 saturated heterocycles. The molecule has 2 heteroatoms. The Kier molecular flexibility index (Phi) is 2.47. The van der Waals surface area contributed by atoms with E-state index in [2.05, 4.69) is 17.6 Å². The Morgan fingerprint density at radius 2 is 2.36 bits per heavy atom. The van der Waals surface area contributed by atoms with Gasteiger partial charge in [-0.2, -0.15) is 0 Å². The first-order valence-electron chi connectivity index (χ1n) is 3.66. The fourth-order valence-electron chi connectivity index (χ4n) is 1.00. The van der Waals surface area contributed by atoms with Crippen molar-refractivity contribution < 1.29 is 0 Å². The molecule has 0 saturated carbocycles. The van der Waals surface area contributed by atoms with Gasteiger partial charge in [-0.25, -0.2) is 0 Å². The van der Waals surface area contributed by atoms with Gasteiger partial charge >= 0.3 is 0 Å². The fourth-order valence-corrected chi connectivity index (χ4v) is 1.00. The highest BCUT2D eigenvalue weighted by molar-refractivity contribution is 6.52. The monoisotopic (exact) mass is 144 g/mol. The van der Waals surface area contributed by atoms with Crippen LogP contribution in [0.4, 0.5) is 0 Å². The van der Waals surface area contributed by atoms with Crippen LogP contribution >= 0.6 is 0 Å². The molecule has 1 aromatic rings. The maximum atomic E-state index is 4.22. The molecule has 1 radical (unpaired) electrons. The van der Waals surface area contributed by atoms with Crippen LogP contribution in [0.25, 0.3) is 6.08 Å². The van der Waals surface area contributed by atoms with Crippen LogP contribution in [-0.4, -0.2) is 12.3 Å². The number of nitrogens with zero attached hydrogens (tertiary/aromatic N) is 1. The van der Waals surface area contributed by atoms with Gasteiger partial charge in [0.05, 0.1) is 5.69 Å². The predicted octanol–water partition coefficient (Wildman–Crippen LogP) is 1.41. The summed E-state index contributed by atoms with van der Waals surface area (Å²) in [5, 5.41) is 0. The number of pyridine rings is 1. The molecular formula is C9H11BN. The molecular weight excluding hydrogens is 133 g/mol. The molecule has 0 aliphatic rings. The standard InChI is InChI=1S/C9H11BN/c1-4-9-8(10-3)5-7(2)6-11-9/h4-6H,1H2,2-3H3. The van der Waals surface area contributed by atoms with Crippen LogP contribution in [0.5, 0.6) is 0 Å². The number of aryl methyl sites for hydroxylation is 1. The lowest BCUT2D eigenvalue weighted by Gasteiger charge is -2.01. The summed E-state index contributed by atoms with van der Waals surface area (Å²) in [5.74, 6) is 0. The molecule has 0 fully saturated rings. The fraction of sp³-hybridized carbons (Fsp3) is 0.222. The minimum absolute atomic E-state index is 0.957. The summed E-state index contributed by atoms with van der Waals surface area (Å²) in [4.78, 5) is 4.22. The quantitative estimate of drug-likeness (QED) is 0.572. The highest BCUT2D eigenvalue weighted by Crippen LogP contribution is 1.96. The average Bonchev–Trinajstić information content (AvgIpc) is 2.04. The lowest BCUT2D eigenvalue weighted by Crippen LogP contribution is -2.16. The minimum atomic E-state index is 0.957. The third kappa shape index (κ3) is 1.70. The predicted molar refractivity (Wildman–Crippen MR) is 50.3 cm³/mol. The van der Waals surface area contributed by atoms with E-state index in [1.54, 1.807) is 6.08 Å². The van der Waals surface area contributed by atoms with Gasteiger partial charge in [-0.1, -0.05) is 24.9 Å². The zero-order valence-corrected chi connectivity index (χ0v) is 6.96. The second-order valence-electron chi connectivity index (χ2n) is 2.48. The van der Waals surface area contributed by atoms with Gasteiger partial charge in [0.15, 0.2) is 7.28 Å². The SMILES string of the molecule is C=Cc1ncc(C)cc1[B]C. The van der Waals surface area contributed by atoms with Crippen molar-refractivity contribution in [3.63, 3.8) is 0 Å². The van der Waals surface area contributed by atoms with Gasteiger partial charge in [-0.3, -0.25) is 4.98 Å². The zero-order valence-electron chi connectivity index (χ0n) is 6.96. The normalized spacial score (nSPS) is 9.27. The summed E-state index contributed by atoms with van der Waals surface area (Å²) in [5.41, 5.74) is 3.29. The largest absolute Gasteiger partial charge is 0.257 e. The maximum absolute atomic E-state index is 4.22. The minimum Gasteiger partial charge on any atom is -0.257 e. The van der Waals surface area contributed by atoms with Crippen molar-refractivity contribution in [2.75, 3.05) is 0 Å². The number of rotatable bonds is 2. The molecule has 0 aliphatic heterocycles. The van der Waals surface area contributed by atoms with Crippen molar-refractivity contribution in [3.8, 4) is 0 Å². The molecule has 0 unspecified atom stereocenters. The molecule has 55 valence electrons. The molecule has 0 atom stereocenters. The van der Waals surface area contributed by atoms with Crippen LogP contribution in [0.3, 0.4) is 0 Å². The maximum Gasteiger partial charge on any atom is 0.151 e. The van der Waals surface area contributed by atoms with Crippen LogP contribution in [0.1, 0.15) is 11.3 Å². The van der Waals surface area contributed by atoms with Crippen LogP contribution in [-0.2, 0) is 0 Å². The van der Waals surface area contributed by atoms with E-state index >= 15 is 0 Å². The first-order chi connectivity index (χ1) is 5.27. The summed E-state index contributed by atoms with van der Waals surface area (Å²) in [7, 11) is 2.04. The van der Waals surface area contributed by atoms with Gasteiger partial charge in [-0.05, 0) is 18.6 Å². The summed E-state index contributed by atoms with van der Waals surface area (Å²) >= 11 is 0. The highest BCUT2D eigenvalue weighted by Gasteiger charge is 1.97. The van der Waals surface area contributed by atoms with Gasteiger partial charge in [0.2, 0.25) is 0 Å². The topological polar surface area (TPSA) is 12.9 Å². The number of hydrogen-bond acceptors (Lipinski definition) is 1. The summed E-state index contributed by atoms with van der Waals surface area (Å²) in [6.07, 6.45) is 3.62. The van der Waals surface area contributed by atoms with Crippen molar-refractivity contribution in [1.29, 1.82) is 0 Å². The Morgan fingerprint density at radius 3 is 2.91 bits per heavy atom. The van der Waals surface area contributed by atoms with Crippen molar-refractivity contribution in [3.05, 3.63) is 30.1 Å². The van der Waals surface area contributed by atoms with Gasteiger partial charge in [0.1, 0.15) is 0 Å². The van der Waals surface area contributed by atoms with Crippen molar-refractivity contribution in [2.24, 2.45) is 0 Å². The molecule has 0 N–H and O–H groups in total. The third-order valence-corrected chi connectivity index (χ3v) is 1.59. The molecule has 0 aromatic carbocycles. The van der Waals surface area contributed by atoms with E-state index in [0.717, 1.165) is 11.2 Å². The van der Waals surface area contributed by atoms with E-state index in [0.29, 0.717) is 0 Å².